The van der Waals surface area contributed by atoms with Crippen LogP contribution in [-0.4, -0.2) is 56.1 Å². The van der Waals surface area contributed by atoms with Crippen molar-refractivity contribution in [3.8, 4) is 0 Å². The van der Waals surface area contributed by atoms with E-state index in [0.29, 0.717) is 0 Å². The number of nitrogens with zero attached hydrogens (tertiary/aromatic N) is 2. The van der Waals surface area contributed by atoms with Gasteiger partial charge in [-0.05, 0) is 45.0 Å². The molecule has 1 fully saturated rings. The molecule has 1 aliphatic carbocycles. The van der Waals surface area contributed by atoms with Gasteiger partial charge in [0.1, 0.15) is 0 Å². The Hall–Kier alpha value is -1.32. The Morgan fingerprint density at radius 2 is 1.90 bits per heavy atom. The maximum atomic E-state index is 3.23. The third-order valence-electron chi connectivity index (χ3n) is 4.66. The number of allylic oxidation sites excluding steroid dienone is 1. The first-order chi connectivity index (χ1) is 10.4. The summed E-state index contributed by atoms with van der Waals surface area (Å²) in [7, 11) is 2.03. The van der Waals surface area contributed by atoms with Crippen molar-refractivity contribution in [2.75, 3.05) is 46.3 Å². The molecule has 2 aliphatic rings. The Morgan fingerprint density at radius 1 is 1.10 bits per heavy atom. The van der Waals surface area contributed by atoms with Crippen molar-refractivity contribution in [1.82, 2.24) is 15.1 Å². The van der Waals surface area contributed by atoms with E-state index >= 15 is 0 Å². The Labute approximate surface area is 128 Å². The van der Waals surface area contributed by atoms with Gasteiger partial charge in [-0.25, -0.2) is 0 Å². The van der Waals surface area contributed by atoms with Gasteiger partial charge >= 0.3 is 0 Å². The van der Waals surface area contributed by atoms with Crippen molar-refractivity contribution in [2.24, 2.45) is 0 Å². The van der Waals surface area contributed by atoms with Crippen molar-refractivity contribution in [3.05, 3.63) is 41.5 Å². The molecule has 0 radical (unpaired) electrons. The molecular formula is C18H27N3. The second-order valence-corrected chi connectivity index (χ2v) is 6.07. The molecule has 0 amide bonds. The Morgan fingerprint density at radius 3 is 2.71 bits per heavy atom. The number of rotatable bonds is 5. The standard InChI is InChI=1S/C18H27N3/c1-19-10-5-11-20-12-14-21(15-13-20)18-9-4-7-16-6-2-3-8-17(16)18/h2-3,6,8-9,19H,4-5,7,10-15H2,1H3. The van der Waals surface area contributed by atoms with Crippen LogP contribution in [0.15, 0.2) is 30.3 Å². The topological polar surface area (TPSA) is 18.5 Å². The van der Waals surface area contributed by atoms with Crippen molar-refractivity contribution < 1.29 is 0 Å². The van der Waals surface area contributed by atoms with Gasteiger partial charge in [0.2, 0.25) is 0 Å². The average Bonchev–Trinajstić information content (AvgIpc) is 2.55. The van der Waals surface area contributed by atoms with Crippen LogP contribution in [-0.2, 0) is 6.42 Å². The highest BCUT2D eigenvalue weighted by molar-refractivity contribution is 5.68. The molecular weight excluding hydrogens is 258 g/mol. The number of aryl methyl sites for hydroxylation is 1. The van der Waals surface area contributed by atoms with Crippen LogP contribution in [0.25, 0.3) is 5.70 Å². The zero-order valence-corrected chi connectivity index (χ0v) is 13.1. The third-order valence-corrected chi connectivity index (χ3v) is 4.66. The van der Waals surface area contributed by atoms with Gasteiger partial charge in [-0.1, -0.05) is 30.3 Å². The van der Waals surface area contributed by atoms with Gasteiger partial charge in [-0.15, -0.1) is 0 Å². The fourth-order valence-electron chi connectivity index (χ4n) is 3.45. The zero-order valence-electron chi connectivity index (χ0n) is 13.1. The third kappa shape index (κ3) is 3.47. The van der Waals surface area contributed by atoms with Gasteiger partial charge in [0.15, 0.2) is 0 Å². The SMILES string of the molecule is CNCCCN1CCN(C2=CCCc3ccccc32)CC1. The number of hydrogen-bond acceptors (Lipinski definition) is 3. The van der Waals surface area contributed by atoms with E-state index in [1.807, 2.05) is 7.05 Å². The second-order valence-electron chi connectivity index (χ2n) is 6.07. The Bertz CT molecular complexity index is 487. The van der Waals surface area contributed by atoms with Crippen LogP contribution in [0.5, 0.6) is 0 Å². The quantitative estimate of drug-likeness (QED) is 0.837. The lowest BCUT2D eigenvalue weighted by Gasteiger charge is -2.38. The van der Waals surface area contributed by atoms with Crippen molar-refractivity contribution in [3.63, 3.8) is 0 Å². The van der Waals surface area contributed by atoms with Crippen LogP contribution < -0.4 is 5.32 Å². The largest absolute Gasteiger partial charge is 0.369 e. The number of benzene rings is 1. The van der Waals surface area contributed by atoms with Crippen molar-refractivity contribution >= 4 is 5.70 Å². The molecule has 0 spiro atoms. The molecule has 21 heavy (non-hydrogen) atoms. The zero-order chi connectivity index (χ0) is 14.5. The van der Waals surface area contributed by atoms with Crippen LogP contribution >= 0.6 is 0 Å². The summed E-state index contributed by atoms with van der Waals surface area (Å²) < 4.78 is 0. The molecule has 0 atom stereocenters. The highest BCUT2D eigenvalue weighted by Gasteiger charge is 2.22. The van der Waals surface area contributed by atoms with Gasteiger partial charge in [-0.2, -0.15) is 0 Å². The first kappa shape index (κ1) is 14.6. The lowest BCUT2D eigenvalue weighted by molar-refractivity contribution is 0.174. The summed E-state index contributed by atoms with van der Waals surface area (Å²) in [4.78, 5) is 5.19. The van der Waals surface area contributed by atoms with Crippen LogP contribution in [0.2, 0.25) is 0 Å². The maximum Gasteiger partial charge on any atom is 0.0403 e. The van der Waals surface area contributed by atoms with Crippen LogP contribution in [0.4, 0.5) is 0 Å². The number of fused-ring (bicyclic) bond motifs is 1. The van der Waals surface area contributed by atoms with Crippen molar-refractivity contribution in [2.45, 2.75) is 19.3 Å². The predicted molar refractivity (Wildman–Crippen MR) is 89.3 cm³/mol. The van der Waals surface area contributed by atoms with E-state index < -0.39 is 0 Å². The van der Waals surface area contributed by atoms with Gasteiger partial charge in [-0.3, -0.25) is 4.90 Å². The molecule has 1 N–H and O–H groups in total. The fraction of sp³-hybridized carbons (Fsp3) is 0.556. The van der Waals surface area contributed by atoms with E-state index in [1.54, 1.807) is 0 Å². The second kappa shape index (κ2) is 7.10. The smallest absolute Gasteiger partial charge is 0.0403 e. The molecule has 0 bridgehead atoms. The molecule has 1 aromatic rings. The highest BCUT2D eigenvalue weighted by Crippen LogP contribution is 2.29. The number of piperazine rings is 1. The molecule has 3 heteroatoms. The Kier molecular flexibility index (Phi) is 4.94. The van der Waals surface area contributed by atoms with E-state index in [2.05, 4.69) is 45.5 Å². The van der Waals surface area contributed by atoms with E-state index in [-0.39, 0.29) is 0 Å². The molecule has 1 aromatic carbocycles. The highest BCUT2D eigenvalue weighted by atomic mass is 15.3. The maximum absolute atomic E-state index is 3.23. The fourth-order valence-corrected chi connectivity index (χ4v) is 3.45. The van der Waals surface area contributed by atoms with Crippen LogP contribution in [0, 0.1) is 0 Å². The monoisotopic (exact) mass is 285 g/mol. The van der Waals surface area contributed by atoms with E-state index in [1.165, 1.54) is 68.8 Å². The minimum atomic E-state index is 1.12. The van der Waals surface area contributed by atoms with Gasteiger partial charge in [0.05, 0.1) is 0 Å². The van der Waals surface area contributed by atoms with E-state index in [0.717, 1.165) is 6.54 Å². The van der Waals surface area contributed by atoms with Gasteiger partial charge in [0, 0.05) is 37.4 Å². The summed E-state index contributed by atoms with van der Waals surface area (Å²) in [6, 6.07) is 8.92. The molecule has 1 saturated heterocycles. The van der Waals surface area contributed by atoms with Crippen LogP contribution in [0.3, 0.4) is 0 Å². The molecule has 1 aliphatic heterocycles. The molecule has 114 valence electrons. The summed E-state index contributed by atoms with van der Waals surface area (Å²) in [5.74, 6) is 0. The number of hydrogen-bond donors (Lipinski definition) is 1. The van der Waals surface area contributed by atoms with Gasteiger partial charge in [0.25, 0.3) is 0 Å². The average molecular weight is 285 g/mol. The minimum Gasteiger partial charge on any atom is -0.369 e. The van der Waals surface area contributed by atoms with Crippen LogP contribution in [0.1, 0.15) is 24.0 Å². The lowest BCUT2D eigenvalue weighted by Crippen LogP contribution is -2.46. The van der Waals surface area contributed by atoms with Crippen molar-refractivity contribution in [1.29, 1.82) is 0 Å². The molecule has 0 saturated carbocycles. The van der Waals surface area contributed by atoms with Gasteiger partial charge < -0.3 is 10.2 Å². The minimum absolute atomic E-state index is 1.12. The van der Waals surface area contributed by atoms with E-state index in [9.17, 15) is 0 Å². The van der Waals surface area contributed by atoms with E-state index in [4.69, 9.17) is 0 Å². The molecule has 1 heterocycles. The molecule has 0 aromatic heterocycles. The number of nitrogens with one attached hydrogen (secondary N) is 1. The summed E-state index contributed by atoms with van der Waals surface area (Å²) in [5, 5.41) is 3.23. The molecule has 3 nitrogen and oxygen atoms in total. The summed E-state index contributed by atoms with van der Waals surface area (Å²) >= 11 is 0. The first-order valence-corrected chi connectivity index (χ1v) is 8.29. The summed E-state index contributed by atoms with van der Waals surface area (Å²) in [6.45, 7) is 7.08. The molecule has 3 rings (SSSR count). The molecule has 0 unspecified atom stereocenters. The lowest BCUT2D eigenvalue weighted by atomic mass is 9.94. The predicted octanol–water partition coefficient (Wildman–Crippen LogP) is 2.20. The first-order valence-electron chi connectivity index (χ1n) is 8.29. The summed E-state index contributed by atoms with van der Waals surface area (Å²) in [6.07, 6.45) is 6.08. The Balaban J connectivity index is 1.59. The summed E-state index contributed by atoms with van der Waals surface area (Å²) in [5.41, 5.74) is 4.46. The normalized spacial score (nSPS) is 19.3.